The van der Waals surface area contributed by atoms with Crippen molar-refractivity contribution in [1.29, 1.82) is 0 Å². The maximum absolute atomic E-state index is 13.6. The Morgan fingerprint density at radius 1 is 1.44 bits per heavy atom. The van der Waals surface area contributed by atoms with E-state index in [9.17, 15) is 9.18 Å². The molecular weight excluding hydrogens is 253 g/mol. The maximum atomic E-state index is 13.6. The second kappa shape index (κ2) is 5.30. The number of urea groups is 1. The molecule has 0 spiro atoms. The van der Waals surface area contributed by atoms with Gasteiger partial charge in [-0.15, -0.1) is 0 Å². The summed E-state index contributed by atoms with van der Waals surface area (Å²) in [5.41, 5.74) is 5.95. The third-order valence-electron chi connectivity index (χ3n) is 2.94. The predicted molar refractivity (Wildman–Crippen MR) is 72.1 cm³/mol. The van der Waals surface area contributed by atoms with E-state index in [-0.39, 0.29) is 22.7 Å². The van der Waals surface area contributed by atoms with Crippen molar-refractivity contribution in [2.24, 2.45) is 5.73 Å². The van der Waals surface area contributed by atoms with Gasteiger partial charge in [-0.2, -0.15) is 0 Å². The van der Waals surface area contributed by atoms with E-state index in [0.29, 0.717) is 5.56 Å². The van der Waals surface area contributed by atoms with Crippen LogP contribution >= 0.6 is 12.2 Å². The van der Waals surface area contributed by atoms with Crippen LogP contribution < -0.4 is 16.4 Å². The minimum Gasteiger partial charge on any atom is -0.389 e. The zero-order chi connectivity index (χ0) is 13.1. The highest BCUT2D eigenvalue weighted by atomic mass is 32.1. The quantitative estimate of drug-likeness (QED) is 0.735. The highest BCUT2D eigenvalue weighted by Gasteiger charge is 2.19. The number of rotatable bonds is 3. The lowest BCUT2D eigenvalue weighted by atomic mass is 9.93. The highest BCUT2D eigenvalue weighted by molar-refractivity contribution is 7.80. The Balaban J connectivity index is 2.00. The molecule has 0 saturated heterocycles. The first-order valence-corrected chi connectivity index (χ1v) is 6.14. The summed E-state index contributed by atoms with van der Waals surface area (Å²) in [7, 11) is 0. The molecule has 1 saturated carbocycles. The average molecular weight is 267 g/mol. The lowest BCUT2D eigenvalue weighted by Crippen LogP contribution is -2.42. The van der Waals surface area contributed by atoms with Crippen LogP contribution in [-0.4, -0.2) is 17.1 Å². The van der Waals surface area contributed by atoms with E-state index in [1.54, 1.807) is 6.07 Å². The summed E-state index contributed by atoms with van der Waals surface area (Å²) in [6, 6.07) is 4.06. The van der Waals surface area contributed by atoms with Crippen molar-refractivity contribution in [3.63, 3.8) is 0 Å². The van der Waals surface area contributed by atoms with Gasteiger partial charge in [-0.25, -0.2) is 9.18 Å². The number of anilines is 1. The highest BCUT2D eigenvalue weighted by Crippen LogP contribution is 2.19. The van der Waals surface area contributed by atoms with Crippen molar-refractivity contribution in [3.05, 3.63) is 29.6 Å². The van der Waals surface area contributed by atoms with Gasteiger partial charge in [0.25, 0.3) is 0 Å². The first-order chi connectivity index (χ1) is 8.56. The molecular formula is C12H14FN3OS. The Bertz CT molecular complexity index is 488. The molecule has 0 aliphatic heterocycles. The monoisotopic (exact) mass is 267 g/mol. The second-order valence-corrected chi connectivity index (χ2v) is 4.72. The Labute approximate surface area is 110 Å². The summed E-state index contributed by atoms with van der Waals surface area (Å²) < 4.78 is 13.6. The Morgan fingerprint density at radius 2 is 2.17 bits per heavy atom. The third kappa shape index (κ3) is 2.95. The van der Waals surface area contributed by atoms with E-state index in [2.05, 4.69) is 10.6 Å². The van der Waals surface area contributed by atoms with E-state index >= 15 is 0 Å². The first-order valence-electron chi connectivity index (χ1n) is 5.73. The molecule has 0 atom stereocenters. The summed E-state index contributed by atoms with van der Waals surface area (Å²) in [4.78, 5) is 11.7. The van der Waals surface area contributed by atoms with Crippen molar-refractivity contribution in [1.82, 2.24) is 5.32 Å². The number of carbonyl (C=O) groups is 1. The standard InChI is InChI=1S/C12H14FN3OS/c13-9-6-7(11(14)18)4-5-10(9)16-12(17)15-8-2-1-3-8/h4-6,8H,1-3H2,(H2,14,18)(H2,15,16,17). The molecule has 0 unspecified atom stereocenters. The fourth-order valence-corrected chi connectivity index (χ4v) is 1.79. The summed E-state index contributed by atoms with van der Waals surface area (Å²) in [5, 5.41) is 5.23. The van der Waals surface area contributed by atoms with Crippen LogP contribution in [0.1, 0.15) is 24.8 Å². The summed E-state index contributed by atoms with van der Waals surface area (Å²) in [5.74, 6) is -0.552. The molecule has 1 aromatic carbocycles. The number of hydrogen-bond acceptors (Lipinski definition) is 2. The van der Waals surface area contributed by atoms with Crippen LogP contribution in [0.4, 0.5) is 14.9 Å². The van der Waals surface area contributed by atoms with Crippen LogP contribution in [0.3, 0.4) is 0 Å². The number of halogens is 1. The lowest BCUT2D eigenvalue weighted by molar-refractivity contribution is 0.240. The molecule has 0 bridgehead atoms. The van der Waals surface area contributed by atoms with E-state index in [0.717, 1.165) is 19.3 Å². The normalized spacial score (nSPS) is 14.7. The van der Waals surface area contributed by atoms with Crippen molar-refractivity contribution in [2.45, 2.75) is 25.3 Å². The fourth-order valence-electron chi connectivity index (χ4n) is 1.67. The van der Waals surface area contributed by atoms with E-state index in [1.165, 1.54) is 12.1 Å². The van der Waals surface area contributed by atoms with Crippen LogP contribution in [0.25, 0.3) is 0 Å². The molecule has 6 heteroatoms. The second-order valence-electron chi connectivity index (χ2n) is 4.29. The van der Waals surface area contributed by atoms with E-state index in [1.807, 2.05) is 0 Å². The number of amides is 2. The van der Waals surface area contributed by atoms with E-state index < -0.39 is 5.82 Å². The zero-order valence-corrected chi connectivity index (χ0v) is 10.5. The van der Waals surface area contributed by atoms with E-state index in [4.69, 9.17) is 18.0 Å². The summed E-state index contributed by atoms with van der Waals surface area (Å²) in [6.45, 7) is 0. The largest absolute Gasteiger partial charge is 0.389 e. The molecule has 2 rings (SSSR count). The number of hydrogen-bond donors (Lipinski definition) is 3. The van der Waals surface area contributed by atoms with Crippen LogP contribution in [0.5, 0.6) is 0 Å². The number of carbonyl (C=O) groups excluding carboxylic acids is 1. The lowest BCUT2D eigenvalue weighted by Gasteiger charge is -2.26. The smallest absolute Gasteiger partial charge is 0.319 e. The molecule has 0 radical (unpaired) electrons. The molecule has 1 aliphatic carbocycles. The van der Waals surface area contributed by atoms with Crippen molar-refractivity contribution in [2.75, 3.05) is 5.32 Å². The van der Waals surface area contributed by atoms with Gasteiger partial charge in [0.2, 0.25) is 0 Å². The molecule has 4 N–H and O–H groups in total. The molecule has 1 aromatic rings. The van der Waals surface area contributed by atoms with Gasteiger partial charge in [-0.3, -0.25) is 0 Å². The first kappa shape index (κ1) is 12.8. The Kier molecular flexibility index (Phi) is 3.76. The van der Waals surface area contributed by atoms with Gasteiger partial charge in [0.1, 0.15) is 10.8 Å². The van der Waals surface area contributed by atoms with Gasteiger partial charge < -0.3 is 16.4 Å². The molecule has 18 heavy (non-hydrogen) atoms. The number of nitrogens with one attached hydrogen (secondary N) is 2. The van der Waals surface area contributed by atoms with Crippen molar-refractivity contribution < 1.29 is 9.18 Å². The summed E-state index contributed by atoms with van der Waals surface area (Å²) in [6.07, 6.45) is 3.09. The number of nitrogens with two attached hydrogens (primary N) is 1. The van der Waals surface area contributed by atoms with Crippen LogP contribution in [-0.2, 0) is 0 Å². The van der Waals surface area contributed by atoms with Crippen LogP contribution in [0.15, 0.2) is 18.2 Å². The minimum atomic E-state index is -0.552. The van der Waals surface area contributed by atoms with Gasteiger partial charge in [-0.1, -0.05) is 12.2 Å². The molecule has 0 heterocycles. The minimum absolute atomic E-state index is 0.117. The SMILES string of the molecule is NC(=S)c1ccc(NC(=O)NC2CCC2)c(F)c1. The van der Waals surface area contributed by atoms with Gasteiger partial charge in [0.05, 0.1) is 5.69 Å². The Morgan fingerprint density at radius 3 is 2.67 bits per heavy atom. The van der Waals surface area contributed by atoms with Gasteiger partial charge in [-0.05, 0) is 37.5 Å². The van der Waals surface area contributed by atoms with Crippen LogP contribution in [0.2, 0.25) is 0 Å². The average Bonchev–Trinajstić information content (AvgIpc) is 2.26. The Hall–Kier alpha value is -1.69. The molecule has 2 amide bonds. The predicted octanol–water partition coefficient (Wildman–Crippen LogP) is 2.13. The van der Waals surface area contributed by atoms with Crippen molar-refractivity contribution >= 4 is 28.9 Å². The fraction of sp³-hybridized carbons (Fsp3) is 0.333. The molecule has 0 aromatic heterocycles. The number of benzene rings is 1. The molecule has 1 aliphatic rings. The summed E-state index contributed by atoms with van der Waals surface area (Å²) >= 11 is 4.74. The zero-order valence-electron chi connectivity index (χ0n) is 9.70. The topological polar surface area (TPSA) is 67.1 Å². The maximum Gasteiger partial charge on any atom is 0.319 e. The molecule has 1 fully saturated rings. The number of thiocarbonyl (C=S) groups is 1. The molecule has 96 valence electrons. The molecule has 4 nitrogen and oxygen atoms in total. The van der Waals surface area contributed by atoms with Gasteiger partial charge in [0, 0.05) is 11.6 Å². The van der Waals surface area contributed by atoms with Gasteiger partial charge >= 0.3 is 6.03 Å². The van der Waals surface area contributed by atoms with Gasteiger partial charge in [0.15, 0.2) is 0 Å². The van der Waals surface area contributed by atoms with Crippen molar-refractivity contribution in [3.8, 4) is 0 Å². The van der Waals surface area contributed by atoms with Crippen LogP contribution in [0, 0.1) is 5.82 Å². The third-order valence-corrected chi connectivity index (χ3v) is 3.18.